The highest BCUT2D eigenvalue weighted by atomic mass is 127. The van der Waals surface area contributed by atoms with E-state index in [0.29, 0.717) is 19.8 Å². The molecule has 0 N–H and O–H groups in total. The molecule has 3 nitrogen and oxygen atoms in total. The first-order valence-corrected chi connectivity index (χ1v) is 6.51. The van der Waals surface area contributed by atoms with Crippen LogP contribution in [0.3, 0.4) is 0 Å². The second-order valence-corrected chi connectivity index (χ2v) is 5.29. The zero-order chi connectivity index (χ0) is 12.4. The minimum Gasteiger partial charge on any atom is -0.377 e. The third-order valence-corrected chi connectivity index (χ3v) is 3.46. The second-order valence-electron chi connectivity index (χ2n) is 4.05. The summed E-state index contributed by atoms with van der Waals surface area (Å²) in [5.74, 6) is -0.717. The predicted molar refractivity (Wildman–Crippen MR) is 70.4 cm³/mol. The number of ether oxygens (including phenoxy) is 1. The van der Waals surface area contributed by atoms with Gasteiger partial charge in [-0.1, -0.05) is 0 Å². The maximum absolute atomic E-state index is 13.6. The van der Waals surface area contributed by atoms with E-state index in [1.54, 1.807) is 17.0 Å². The van der Waals surface area contributed by atoms with Crippen LogP contribution in [0.2, 0.25) is 0 Å². The fraction of sp³-hybridized carbons (Fsp3) is 0.417. The number of halogens is 2. The number of amides is 1. The topological polar surface area (TPSA) is 29.5 Å². The van der Waals surface area contributed by atoms with Crippen LogP contribution < -0.4 is 0 Å². The molecular weight excluding hydrogens is 336 g/mol. The molecule has 1 saturated heterocycles. The fourth-order valence-electron chi connectivity index (χ4n) is 1.84. The lowest BCUT2D eigenvalue weighted by Crippen LogP contribution is -2.47. The number of hydrogen-bond acceptors (Lipinski definition) is 2. The lowest BCUT2D eigenvalue weighted by molar-refractivity contribution is 0.00334. The van der Waals surface area contributed by atoms with E-state index in [4.69, 9.17) is 4.74 Å². The number of benzene rings is 1. The highest BCUT2D eigenvalue weighted by Gasteiger charge is 2.26. The minimum absolute atomic E-state index is 0.00600. The standard InChI is InChI=1S/C12H13FINO2/c1-8-7-17-5-4-15(8)12(16)10-6-9(14)2-3-11(10)13/h2-3,6,8H,4-5,7H2,1H3. The number of nitrogens with zero attached hydrogens (tertiary/aromatic N) is 1. The third-order valence-electron chi connectivity index (χ3n) is 2.79. The van der Waals surface area contributed by atoms with Gasteiger partial charge in [-0.2, -0.15) is 0 Å². The van der Waals surface area contributed by atoms with Gasteiger partial charge in [0.2, 0.25) is 0 Å². The maximum Gasteiger partial charge on any atom is 0.257 e. The lowest BCUT2D eigenvalue weighted by Gasteiger charge is -2.33. The Bertz CT molecular complexity index is 439. The molecule has 1 aromatic rings. The van der Waals surface area contributed by atoms with E-state index < -0.39 is 5.82 Å². The van der Waals surface area contributed by atoms with Crippen molar-refractivity contribution >= 4 is 28.5 Å². The molecule has 92 valence electrons. The van der Waals surface area contributed by atoms with E-state index in [1.165, 1.54) is 6.07 Å². The normalized spacial score (nSPS) is 20.4. The van der Waals surface area contributed by atoms with Gasteiger partial charge in [-0.25, -0.2) is 4.39 Å². The van der Waals surface area contributed by atoms with Crippen LogP contribution in [0.4, 0.5) is 4.39 Å². The summed E-state index contributed by atoms with van der Waals surface area (Å²) in [6.07, 6.45) is 0. The summed E-state index contributed by atoms with van der Waals surface area (Å²) in [6, 6.07) is 4.56. The summed E-state index contributed by atoms with van der Waals surface area (Å²) in [5.41, 5.74) is 0.144. The summed E-state index contributed by atoms with van der Waals surface area (Å²) in [5, 5.41) is 0. The second kappa shape index (κ2) is 5.30. The number of rotatable bonds is 1. The zero-order valence-electron chi connectivity index (χ0n) is 9.45. The van der Waals surface area contributed by atoms with Crippen molar-refractivity contribution in [3.8, 4) is 0 Å². The van der Waals surface area contributed by atoms with Crippen LogP contribution in [-0.2, 0) is 4.74 Å². The Hall–Kier alpha value is -0.690. The summed E-state index contributed by atoms with van der Waals surface area (Å²) < 4.78 is 19.7. The van der Waals surface area contributed by atoms with Crippen molar-refractivity contribution in [1.82, 2.24) is 4.90 Å². The molecule has 1 aromatic carbocycles. The van der Waals surface area contributed by atoms with Gasteiger partial charge in [0.1, 0.15) is 5.82 Å². The van der Waals surface area contributed by atoms with Crippen molar-refractivity contribution in [2.45, 2.75) is 13.0 Å². The van der Waals surface area contributed by atoms with Gasteiger partial charge < -0.3 is 9.64 Å². The molecule has 2 rings (SSSR count). The zero-order valence-corrected chi connectivity index (χ0v) is 11.6. The van der Waals surface area contributed by atoms with Crippen LogP contribution in [-0.4, -0.2) is 36.6 Å². The Kier molecular flexibility index (Phi) is 3.98. The molecule has 1 unspecified atom stereocenters. The molecule has 5 heteroatoms. The van der Waals surface area contributed by atoms with E-state index >= 15 is 0 Å². The largest absolute Gasteiger partial charge is 0.377 e. The van der Waals surface area contributed by atoms with Gasteiger partial charge in [-0.05, 0) is 47.7 Å². The highest BCUT2D eigenvalue weighted by molar-refractivity contribution is 14.1. The Labute approximate surface area is 113 Å². The number of hydrogen-bond donors (Lipinski definition) is 0. The summed E-state index contributed by atoms with van der Waals surface area (Å²) in [7, 11) is 0. The molecule has 1 heterocycles. The predicted octanol–water partition coefficient (Wildman–Crippen LogP) is 2.29. The van der Waals surface area contributed by atoms with Crippen molar-refractivity contribution in [1.29, 1.82) is 0 Å². The lowest BCUT2D eigenvalue weighted by atomic mass is 10.1. The van der Waals surface area contributed by atoms with Crippen molar-refractivity contribution in [3.63, 3.8) is 0 Å². The van der Waals surface area contributed by atoms with Crippen LogP contribution in [0.25, 0.3) is 0 Å². The van der Waals surface area contributed by atoms with E-state index in [-0.39, 0.29) is 17.5 Å². The van der Waals surface area contributed by atoms with E-state index in [1.807, 2.05) is 6.92 Å². The Morgan fingerprint density at radius 2 is 2.35 bits per heavy atom. The number of carbonyl (C=O) groups excluding carboxylic acids is 1. The Morgan fingerprint density at radius 1 is 1.59 bits per heavy atom. The van der Waals surface area contributed by atoms with Gasteiger partial charge in [-0.15, -0.1) is 0 Å². The van der Waals surface area contributed by atoms with E-state index in [9.17, 15) is 9.18 Å². The first-order chi connectivity index (χ1) is 8.09. The van der Waals surface area contributed by atoms with Gasteiger partial charge in [0.05, 0.1) is 24.8 Å². The molecule has 0 saturated carbocycles. The van der Waals surface area contributed by atoms with Crippen LogP contribution in [0.15, 0.2) is 18.2 Å². The Balaban J connectivity index is 2.26. The van der Waals surface area contributed by atoms with E-state index in [0.717, 1.165) is 3.57 Å². The monoisotopic (exact) mass is 349 g/mol. The van der Waals surface area contributed by atoms with Crippen molar-refractivity contribution in [2.75, 3.05) is 19.8 Å². The van der Waals surface area contributed by atoms with Crippen molar-refractivity contribution in [3.05, 3.63) is 33.1 Å². The van der Waals surface area contributed by atoms with Gasteiger partial charge in [-0.3, -0.25) is 4.79 Å². The molecule has 17 heavy (non-hydrogen) atoms. The summed E-state index contributed by atoms with van der Waals surface area (Å²) in [6.45, 7) is 3.45. The first-order valence-electron chi connectivity index (χ1n) is 5.43. The molecule has 1 fully saturated rings. The molecule has 0 spiro atoms. The molecule has 1 aliphatic rings. The number of morpholine rings is 1. The van der Waals surface area contributed by atoms with Gasteiger partial charge in [0, 0.05) is 10.1 Å². The minimum atomic E-state index is -0.464. The van der Waals surface area contributed by atoms with Gasteiger partial charge in [0.15, 0.2) is 0 Å². The van der Waals surface area contributed by atoms with Crippen LogP contribution in [0.1, 0.15) is 17.3 Å². The molecule has 1 atom stereocenters. The van der Waals surface area contributed by atoms with Gasteiger partial charge >= 0.3 is 0 Å². The van der Waals surface area contributed by atoms with Crippen LogP contribution in [0.5, 0.6) is 0 Å². The summed E-state index contributed by atoms with van der Waals surface area (Å²) in [4.78, 5) is 13.9. The fourth-order valence-corrected chi connectivity index (χ4v) is 2.34. The van der Waals surface area contributed by atoms with E-state index in [2.05, 4.69) is 22.6 Å². The molecule has 0 bridgehead atoms. The Morgan fingerprint density at radius 3 is 3.06 bits per heavy atom. The highest BCUT2D eigenvalue weighted by Crippen LogP contribution is 2.17. The van der Waals surface area contributed by atoms with Crippen LogP contribution in [0, 0.1) is 9.39 Å². The van der Waals surface area contributed by atoms with Crippen molar-refractivity contribution in [2.24, 2.45) is 0 Å². The smallest absolute Gasteiger partial charge is 0.257 e. The SMILES string of the molecule is CC1COCCN1C(=O)c1cc(I)ccc1F. The quantitative estimate of drug-likeness (QED) is 0.729. The average molecular weight is 349 g/mol. The maximum atomic E-state index is 13.6. The molecule has 1 aliphatic heterocycles. The van der Waals surface area contributed by atoms with Crippen LogP contribution >= 0.6 is 22.6 Å². The molecule has 0 aromatic heterocycles. The molecule has 0 radical (unpaired) electrons. The average Bonchev–Trinajstić information content (AvgIpc) is 2.32. The first kappa shape index (κ1) is 12.8. The third kappa shape index (κ3) is 2.77. The molecular formula is C12H13FINO2. The summed E-state index contributed by atoms with van der Waals surface area (Å²) >= 11 is 2.07. The molecule has 0 aliphatic carbocycles. The molecule has 1 amide bonds. The van der Waals surface area contributed by atoms with Crippen molar-refractivity contribution < 1.29 is 13.9 Å². The van der Waals surface area contributed by atoms with Gasteiger partial charge in [0.25, 0.3) is 5.91 Å². The number of carbonyl (C=O) groups is 1.